The van der Waals surface area contributed by atoms with Crippen LogP contribution in [0.3, 0.4) is 0 Å². The number of fused-ring (bicyclic) bond motifs is 1. The Morgan fingerprint density at radius 2 is 1.94 bits per heavy atom. The highest BCUT2D eigenvalue weighted by Crippen LogP contribution is 2.43. The average molecular weight is 492 g/mol. The topological polar surface area (TPSA) is 62.7 Å². The number of carbonyl (C=O) groups excluding carboxylic acids is 2. The van der Waals surface area contributed by atoms with Gasteiger partial charge >= 0.3 is 0 Å². The summed E-state index contributed by atoms with van der Waals surface area (Å²) in [6, 6.07) is 15.8. The molecule has 6 nitrogen and oxygen atoms in total. The van der Waals surface area contributed by atoms with Gasteiger partial charge in [0.25, 0.3) is 0 Å². The summed E-state index contributed by atoms with van der Waals surface area (Å²) < 4.78 is 6.51. The van der Waals surface area contributed by atoms with Crippen LogP contribution in [0.15, 0.2) is 48.5 Å². The van der Waals surface area contributed by atoms with Crippen LogP contribution in [-0.4, -0.2) is 46.8 Å². The molecular weight excluding hydrogens is 458 g/mol. The van der Waals surface area contributed by atoms with Crippen LogP contribution in [0.2, 0.25) is 0 Å². The molecular formula is C28H33N3O3S. The smallest absolute Gasteiger partial charge is 0.228 e. The molecule has 5 rings (SSSR count). The molecule has 35 heavy (non-hydrogen) atoms. The van der Waals surface area contributed by atoms with E-state index in [-0.39, 0.29) is 29.8 Å². The van der Waals surface area contributed by atoms with Crippen LogP contribution in [0.5, 0.6) is 5.75 Å². The molecule has 3 heterocycles. The third-order valence-corrected chi connectivity index (χ3v) is 8.50. The van der Waals surface area contributed by atoms with Crippen LogP contribution in [-0.2, 0) is 9.59 Å². The number of piperidine rings is 1. The Hall–Kier alpha value is -2.93. The van der Waals surface area contributed by atoms with Crippen LogP contribution < -0.4 is 4.74 Å². The lowest BCUT2D eigenvalue weighted by atomic mass is 9.83. The Bertz CT molecular complexity index is 1160. The van der Waals surface area contributed by atoms with Crippen molar-refractivity contribution >= 4 is 33.4 Å². The number of thiazole rings is 1. The fourth-order valence-corrected chi connectivity index (χ4v) is 6.66. The number of carbonyl (C=O) groups is 2. The monoisotopic (exact) mass is 491 g/mol. The number of methoxy groups -OCH3 is 1. The molecule has 184 valence electrons. The molecule has 0 unspecified atom stereocenters. The van der Waals surface area contributed by atoms with Crippen molar-refractivity contribution in [1.29, 1.82) is 0 Å². The van der Waals surface area contributed by atoms with E-state index in [9.17, 15) is 9.59 Å². The third kappa shape index (κ3) is 4.66. The van der Waals surface area contributed by atoms with Crippen molar-refractivity contribution in [2.24, 2.45) is 5.92 Å². The zero-order valence-electron chi connectivity index (χ0n) is 20.5. The van der Waals surface area contributed by atoms with E-state index in [0.29, 0.717) is 19.4 Å². The molecule has 7 heteroatoms. The molecule has 0 N–H and O–H groups in total. The number of para-hydroxylation sites is 1. The Balaban J connectivity index is 1.47. The van der Waals surface area contributed by atoms with E-state index in [2.05, 4.69) is 13.0 Å². The van der Waals surface area contributed by atoms with E-state index in [1.54, 1.807) is 18.4 Å². The van der Waals surface area contributed by atoms with E-state index >= 15 is 0 Å². The molecule has 2 aliphatic heterocycles. The van der Waals surface area contributed by atoms with Crippen molar-refractivity contribution in [2.75, 3.05) is 20.2 Å². The number of nitrogens with zero attached hydrogens (tertiary/aromatic N) is 3. The summed E-state index contributed by atoms with van der Waals surface area (Å²) in [7, 11) is 1.65. The number of likely N-dealkylation sites (tertiary alicyclic amines) is 2. The number of unbranched alkanes of at least 4 members (excludes halogenated alkanes) is 1. The zero-order valence-corrected chi connectivity index (χ0v) is 21.3. The van der Waals surface area contributed by atoms with Crippen molar-refractivity contribution in [1.82, 2.24) is 14.8 Å². The minimum atomic E-state index is -0.257. The average Bonchev–Trinajstić information content (AvgIpc) is 3.54. The first-order chi connectivity index (χ1) is 17.1. The lowest BCUT2D eigenvalue weighted by molar-refractivity contribution is -0.148. The number of rotatable bonds is 7. The number of hydrogen-bond donors (Lipinski definition) is 0. The van der Waals surface area contributed by atoms with Crippen LogP contribution in [0.4, 0.5) is 0 Å². The molecule has 0 radical (unpaired) electrons. The van der Waals surface area contributed by atoms with Crippen molar-refractivity contribution in [3.05, 3.63) is 59.1 Å². The standard InChI is InChI=1S/C28H33N3O3S/c1-3-4-17-31-25(32)16-15-21(26(31)19-11-13-20(34-2)14-12-19)28(33)30-18-7-9-23(30)27-29-22-8-5-6-10-24(22)35-27/h5-6,8,10-14,21,23,26H,3-4,7,9,15-18H2,1-2H3/t21-,23-,26-/m0/s1. The number of benzene rings is 2. The SMILES string of the molecule is CCCCN1C(=O)CC[C@H](C(=O)N2CCC[C@H]2c2nc3ccccc3s2)[C@@H]1c1ccc(OC)cc1. The normalized spacial score (nSPS) is 22.7. The van der Waals surface area contributed by atoms with Gasteiger partial charge in [-0.3, -0.25) is 9.59 Å². The third-order valence-electron chi connectivity index (χ3n) is 7.36. The molecule has 2 aromatic carbocycles. The number of aromatic nitrogens is 1. The van der Waals surface area contributed by atoms with Gasteiger partial charge in [0, 0.05) is 19.5 Å². The van der Waals surface area contributed by atoms with Crippen molar-refractivity contribution < 1.29 is 14.3 Å². The van der Waals surface area contributed by atoms with E-state index in [0.717, 1.165) is 58.8 Å². The maximum atomic E-state index is 14.2. The van der Waals surface area contributed by atoms with Crippen molar-refractivity contribution in [3.63, 3.8) is 0 Å². The molecule has 0 spiro atoms. The van der Waals surface area contributed by atoms with Crippen LogP contribution in [0.1, 0.15) is 68.1 Å². The summed E-state index contributed by atoms with van der Waals surface area (Å²) in [4.78, 5) is 36.1. The predicted molar refractivity (Wildman–Crippen MR) is 138 cm³/mol. The van der Waals surface area contributed by atoms with Gasteiger partial charge < -0.3 is 14.5 Å². The fourth-order valence-electron chi connectivity index (χ4n) is 5.55. The van der Waals surface area contributed by atoms with E-state index in [1.807, 2.05) is 52.3 Å². The van der Waals surface area contributed by atoms with Gasteiger partial charge in [0.05, 0.1) is 35.3 Å². The summed E-state index contributed by atoms with van der Waals surface area (Å²) in [5, 5.41) is 1.02. The van der Waals surface area contributed by atoms with Gasteiger partial charge in [-0.15, -0.1) is 11.3 Å². The van der Waals surface area contributed by atoms with Gasteiger partial charge in [-0.25, -0.2) is 4.98 Å². The van der Waals surface area contributed by atoms with Gasteiger partial charge in [0.1, 0.15) is 10.8 Å². The number of amides is 2. The largest absolute Gasteiger partial charge is 0.497 e. The summed E-state index contributed by atoms with van der Waals surface area (Å²) in [6.07, 6.45) is 4.85. The van der Waals surface area contributed by atoms with Gasteiger partial charge in [-0.2, -0.15) is 0 Å². The molecule has 0 saturated carbocycles. The van der Waals surface area contributed by atoms with E-state index in [4.69, 9.17) is 9.72 Å². The molecule has 3 aromatic rings. The van der Waals surface area contributed by atoms with E-state index < -0.39 is 0 Å². The number of hydrogen-bond acceptors (Lipinski definition) is 5. The first kappa shape index (κ1) is 23.8. The summed E-state index contributed by atoms with van der Waals surface area (Å²) in [5.41, 5.74) is 2.00. The Morgan fingerprint density at radius 1 is 1.14 bits per heavy atom. The van der Waals surface area contributed by atoms with Gasteiger partial charge in [0.2, 0.25) is 11.8 Å². The lowest BCUT2D eigenvalue weighted by Crippen LogP contribution is -2.49. The summed E-state index contributed by atoms with van der Waals surface area (Å²) in [6.45, 7) is 3.55. The molecule has 0 aliphatic carbocycles. The first-order valence-electron chi connectivity index (χ1n) is 12.7. The van der Waals surface area contributed by atoms with Crippen molar-refractivity contribution in [3.8, 4) is 5.75 Å². The highest BCUT2D eigenvalue weighted by molar-refractivity contribution is 7.18. The van der Waals surface area contributed by atoms with Crippen LogP contribution in [0.25, 0.3) is 10.2 Å². The van der Waals surface area contributed by atoms with Gasteiger partial charge in [-0.1, -0.05) is 37.6 Å². The molecule has 1 aromatic heterocycles. The molecule has 3 atom stereocenters. The molecule has 0 bridgehead atoms. The first-order valence-corrected chi connectivity index (χ1v) is 13.5. The quantitative estimate of drug-likeness (QED) is 0.422. The predicted octanol–water partition coefficient (Wildman–Crippen LogP) is 5.75. The Labute approximate surface area is 210 Å². The van der Waals surface area contributed by atoms with Gasteiger partial charge in [-0.05, 0) is 55.5 Å². The second-order valence-electron chi connectivity index (χ2n) is 9.51. The zero-order chi connectivity index (χ0) is 24.4. The second-order valence-corrected chi connectivity index (χ2v) is 10.6. The fraction of sp³-hybridized carbons (Fsp3) is 0.464. The molecule has 2 saturated heterocycles. The maximum absolute atomic E-state index is 14.2. The summed E-state index contributed by atoms with van der Waals surface area (Å²) >= 11 is 1.69. The van der Waals surface area contributed by atoms with E-state index in [1.165, 1.54) is 0 Å². The number of ether oxygens (including phenoxy) is 1. The van der Waals surface area contributed by atoms with Gasteiger partial charge in [0.15, 0.2) is 0 Å². The molecule has 2 aliphatic rings. The Morgan fingerprint density at radius 3 is 2.69 bits per heavy atom. The van der Waals surface area contributed by atoms with Crippen LogP contribution >= 0.6 is 11.3 Å². The van der Waals surface area contributed by atoms with Crippen LogP contribution in [0, 0.1) is 5.92 Å². The maximum Gasteiger partial charge on any atom is 0.228 e. The highest BCUT2D eigenvalue weighted by Gasteiger charge is 2.44. The second kappa shape index (κ2) is 10.4. The lowest BCUT2D eigenvalue weighted by Gasteiger charge is -2.42. The minimum absolute atomic E-state index is 0.0122. The van der Waals surface area contributed by atoms with Crippen molar-refractivity contribution in [2.45, 2.75) is 57.5 Å². The highest BCUT2D eigenvalue weighted by atomic mass is 32.1. The molecule has 2 amide bonds. The molecule has 2 fully saturated rings. The minimum Gasteiger partial charge on any atom is -0.497 e. The Kier molecular flexibility index (Phi) is 7.04. The summed E-state index contributed by atoms with van der Waals surface area (Å²) in [5.74, 6) is 0.816.